The second-order valence-electron chi connectivity index (χ2n) is 9.65. The van der Waals surface area contributed by atoms with Crippen molar-refractivity contribution < 1.29 is 32.2 Å². The Morgan fingerprint density at radius 1 is 1.10 bits per heavy atom. The first-order valence-corrected chi connectivity index (χ1v) is 14.5. The molecule has 8 nitrogen and oxygen atoms in total. The van der Waals surface area contributed by atoms with Gasteiger partial charge in [-0.25, -0.2) is 17.5 Å². The quantitative estimate of drug-likeness (QED) is 0.269. The number of carboxylic acids is 1. The number of methoxy groups -OCH3 is 1. The number of nitrogens with one attached hydrogen (secondary N) is 2. The second-order valence-corrected chi connectivity index (χ2v) is 12.2. The number of Topliss-reactive ketones (excluding diaryl/α,β-unsaturated/α-hetero) is 1. The van der Waals surface area contributed by atoms with Gasteiger partial charge in [0.1, 0.15) is 17.0 Å². The van der Waals surface area contributed by atoms with Crippen LogP contribution >= 0.6 is 23.2 Å². The van der Waals surface area contributed by atoms with Gasteiger partial charge in [-0.1, -0.05) is 47.5 Å². The van der Waals surface area contributed by atoms with Crippen molar-refractivity contribution in [2.24, 2.45) is 5.41 Å². The number of hydrogen-bond acceptors (Lipinski definition) is 6. The number of carbonyl (C=O) groups is 2. The van der Waals surface area contributed by atoms with Crippen LogP contribution in [0.3, 0.4) is 0 Å². The molecule has 212 valence electrons. The highest BCUT2D eigenvalue weighted by Crippen LogP contribution is 2.40. The number of ketones is 1. The molecule has 0 aromatic heterocycles. The number of hydrogen-bond donors (Lipinski definition) is 3. The molecule has 1 aliphatic rings. The van der Waals surface area contributed by atoms with Crippen molar-refractivity contribution in [2.75, 3.05) is 13.7 Å². The monoisotopic (exact) mass is 608 g/mol. The molecule has 3 N–H and O–H groups in total. The van der Waals surface area contributed by atoms with Crippen LogP contribution in [-0.2, 0) is 19.6 Å². The van der Waals surface area contributed by atoms with Crippen molar-refractivity contribution in [1.29, 1.82) is 0 Å². The Bertz CT molecular complexity index is 1520. The molecule has 4 rings (SSSR count). The zero-order chi connectivity index (χ0) is 29.2. The summed E-state index contributed by atoms with van der Waals surface area (Å²) in [5, 5.41) is 13.5. The minimum atomic E-state index is -4.43. The second kappa shape index (κ2) is 11.8. The Labute approximate surface area is 241 Å². The Balaban J connectivity index is 1.84. The van der Waals surface area contributed by atoms with Gasteiger partial charge in [0.05, 0.1) is 24.1 Å². The van der Waals surface area contributed by atoms with E-state index in [1.807, 2.05) is 0 Å². The van der Waals surface area contributed by atoms with Crippen LogP contribution in [0.1, 0.15) is 31.4 Å². The summed E-state index contributed by atoms with van der Waals surface area (Å²) >= 11 is 12.1. The molecular weight excluding hydrogens is 582 g/mol. The van der Waals surface area contributed by atoms with E-state index in [1.165, 1.54) is 62.6 Å². The number of halogens is 3. The van der Waals surface area contributed by atoms with E-state index in [-0.39, 0.29) is 20.5 Å². The lowest BCUT2D eigenvalue weighted by Crippen LogP contribution is -2.54. The lowest BCUT2D eigenvalue weighted by atomic mass is 9.73. The third-order valence-corrected chi connectivity index (χ3v) is 8.88. The molecular formula is C28H27Cl2FN2O6S. The first-order chi connectivity index (χ1) is 18.9. The Hall–Kier alpha value is -3.02. The average Bonchev–Trinajstić information content (AvgIpc) is 3.45. The Kier molecular flexibility index (Phi) is 8.86. The summed E-state index contributed by atoms with van der Waals surface area (Å²) in [6.45, 7) is 1.74. The summed E-state index contributed by atoms with van der Waals surface area (Å²) < 4.78 is 48.8. The molecule has 0 spiro atoms. The molecule has 1 unspecified atom stereocenters. The molecule has 1 heterocycles. The van der Waals surface area contributed by atoms with Crippen molar-refractivity contribution in [3.05, 3.63) is 82.1 Å². The van der Waals surface area contributed by atoms with Crippen LogP contribution in [0.25, 0.3) is 11.1 Å². The summed E-state index contributed by atoms with van der Waals surface area (Å²) in [7, 11) is -2.99. The highest BCUT2D eigenvalue weighted by molar-refractivity contribution is 7.89. The molecule has 3 aromatic carbocycles. The number of rotatable bonds is 10. The summed E-state index contributed by atoms with van der Waals surface area (Å²) in [5.74, 6) is -2.25. The molecule has 3 atom stereocenters. The predicted octanol–water partition coefficient (Wildman–Crippen LogP) is 5.24. The van der Waals surface area contributed by atoms with Crippen molar-refractivity contribution in [3.63, 3.8) is 0 Å². The highest BCUT2D eigenvalue weighted by atomic mass is 35.5. The smallest absolute Gasteiger partial charge is 0.318 e. The van der Waals surface area contributed by atoms with Gasteiger partial charge >= 0.3 is 5.97 Å². The minimum Gasteiger partial charge on any atom is -0.496 e. The van der Waals surface area contributed by atoms with E-state index >= 15 is 0 Å². The number of ether oxygens (including phenoxy) is 1. The van der Waals surface area contributed by atoms with Crippen LogP contribution < -0.4 is 14.8 Å². The van der Waals surface area contributed by atoms with Gasteiger partial charge in [0, 0.05) is 15.6 Å². The van der Waals surface area contributed by atoms with Gasteiger partial charge in [0.2, 0.25) is 10.0 Å². The summed E-state index contributed by atoms with van der Waals surface area (Å²) in [6.07, 6.45) is 1.09. The third kappa shape index (κ3) is 6.01. The van der Waals surface area contributed by atoms with Crippen molar-refractivity contribution in [2.45, 2.75) is 36.7 Å². The van der Waals surface area contributed by atoms with Crippen molar-refractivity contribution in [3.8, 4) is 16.9 Å². The van der Waals surface area contributed by atoms with Crippen molar-refractivity contribution in [1.82, 2.24) is 10.0 Å². The maximum Gasteiger partial charge on any atom is 0.318 e. The maximum atomic E-state index is 14.0. The first kappa shape index (κ1) is 30.0. The van der Waals surface area contributed by atoms with Gasteiger partial charge in [-0.05, 0) is 73.8 Å². The third-order valence-electron chi connectivity index (χ3n) is 7.05. The minimum absolute atomic E-state index is 0.0602. The average molecular weight is 610 g/mol. The van der Waals surface area contributed by atoms with E-state index in [1.54, 1.807) is 12.1 Å². The zero-order valence-electron chi connectivity index (χ0n) is 21.6. The Morgan fingerprint density at radius 3 is 2.30 bits per heavy atom. The molecule has 0 bridgehead atoms. The summed E-state index contributed by atoms with van der Waals surface area (Å²) in [4.78, 5) is 26.2. The molecule has 12 heteroatoms. The van der Waals surface area contributed by atoms with E-state index in [0.29, 0.717) is 36.3 Å². The molecule has 1 fully saturated rings. The number of carbonyl (C=O) groups excluding carboxylic acids is 1. The fourth-order valence-electron chi connectivity index (χ4n) is 4.83. The van der Waals surface area contributed by atoms with Crippen molar-refractivity contribution >= 4 is 45.0 Å². The van der Waals surface area contributed by atoms with Gasteiger partial charge in [0.15, 0.2) is 5.78 Å². The van der Waals surface area contributed by atoms with E-state index in [4.69, 9.17) is 27.9 Å². The van der Waals surface area contributed by atoms with Crippen LogP contribution in [0, 0.1) is 11.2 Å². The number of carboxylic acid groups (broad SMARTS) is 1. The van der Waals surface area contributed by atoms with Gasteiger partial charge < -0.3 is 15.2 Å². The standard InChI is InChI=1S/C28H27Cl2FN2O6S/c1-28(27(35)36,26(34)23-4-3-11-32-23)25(33-40(37,38)21-13-18(29)12-19(30)14-21)17-7-5-16(6-8-17)22-15-20(31)9-10-24(22)39-2/h5-10,12-15,23,25,32-33H,3-4,11H2,1-2H3,(H,35,36)/t23?,25-,28+/m1/s1. The number of benzene rings is 3. The van der Waals surface area contributed by atoms with Gasteiger partial charge in [-0.3, -0.25) is 9.59 Å². The zero-order valence-corrected chi connectivity index (χ0v) is 23.9. The van der Waals surface area contributed by atoms with E-state index in [0.717, 1.165) is 0 Å². The SMILES string of the molecule is COc1ccc(F)cc1-c1ccc([C@@H](NS(=O)(=O)c2cc(Cl)cc(Cl)c2)[C@](C)(C(=O)O)C(=O)C2CCCN2)cc1. The number of aliphatic carboxylic acids is 1. The maximum absolute atomic E-state index is 14.0. The fraction of sp³-hybridized carbons (Fsp3) is 0.286. The topological polar surface area (TPSA) is 122 Å². The van der Waals surface area contributed by atoms with Gasteiger partial charge in [-0.2, -0.15) is 0 Å². The lowest BCUT2D eigenvalue weighted by molar-refractivity contribution is -0.156. The molecule has 3 aromatic rings. The number of sulfonamides is 1. The van der Waals surface area contributed by atoms with Gasteiger partial charge in [0.25, 0.3) is 0 Å². The van der Waals surface area contributed by atoms with Gasteiger partial charge in [-0.15, -0.1) is 0 Å². The first-order valence-electron chi connectivity index (χ1n) is 12.3. The molecule has 40 heavy (non-hydrogen) atoms. The molecule has 0 aliphatic carbocycles. The Morgan fingerprint density at radius 2 is 1.75 bits per heavy atom. The van der Waals surface area contributed by atoms with E-state index < -0.39 is 45.1 Å². The van der Waals surface area contributed by atoms with Crippen LogP contribution in [0.4, 0.5) is 4.39 Å². The predicted molar refractivity (Wildman–Crippen MR) is 150 cm³/mol. The van der Waals surface area contributed by atoms with E-state index in [9.17, 15) is 27.5 Å². The highest BCUT2D eigenvalue weighted by Gasteiger charge is 2.52. The molecule has 0 amide bonds. The normalized spacial score (nSPS) is 17.7. The largest absolute Gasteiger partial charge is 0.496 e. The van der Waals surface area contributed by atoms with E-state index in [2.05, 4.69) is 10.0 Å². The fourth-order valence-corrected chi connectivity index (χ4v) is 6.87. The lowest BCUT2D eigenvalue weighted by Gasteiger charge is -2.35. The van der Waals surface area contributed by atoms with Crippen LogP contribution in [0.15, 0.2) is 65.6 Å². The van der Waals surface area contributed by atoms with Crippen LogP contribution in [0.2, 0.25) is 10.0 Å². The molecule has 1 saturated heterocycles. The molecule has 1 aliphatic heterocycles. The summed E-state index contributed by atoms with van der Waals surface area (Å²) in [6, 6.07) is 11.6. The van der Waals surface area contributed by atoms with Crippen LogP contribution in [0.5, 0.6) is 5.75 Å². The molecule has 0 radical (unpaired) electrons. The van der Waals surface area contributed by atoms with Crippen LogP contribution in [-0.4, -0.2) is 45.0 Å². The summed E-state index contributed by atoms with van der Waals surface area (Å²) in [5.41, 5.74) is -1.04. The molecule has 0 saturated carbocycles.